The minimum absolute atomic E-state index is 0.102. The average molecular weight is 270 g/mol. The molecule has 0 amide bonds. The van der Waals surface area contributed by atoms with E-state index in [1.54, 1.807) is 0 Å². The molecule has 0 fully saturated rings. The van der Waals surface area contributed by atoms with Gasteiger partial charge in [0.15, 0.2) is 17.3 Å². The molecule has 3 N–H and O–H groups in total. The molecule has 0 bridgehead atoms. The Kier molecular flexibility index (Phi) is 2.52. The maximum absolute atomic E-state index is 14.1. The summed E-state index contributed by atoms with van der Waals surface area (Å²) >= 11 is 5.93. The number of benzene rings is 1. The fraction of sp³-hybridized carbons (Fsp3) is 0.182. The van der Waals surface area contributed by atoms with Crippen LogP contribution < -0.4 is 15.2 Å². The minimum Gasteiger partial charge on any atom is -0.486 e. The van der Waals surface area contributed by atoms with Crippen LogP contribution in [0.2, 0.25) is 5.02 Å². The molecule has 0 saturated carbocycles. The van der Waals surface area contributed by atoms with Gasteiger partial charge in [-0.05, 0) is 6.07 Å². The van der Waals surface area contributed by atoms with Crippen molar-refractivity contribution in [1.29, 1.82) is 0 Å². The molecule has 7 heteroatoms. The van der Waals surface area contributed by atoms with E-state index in [0.717, 1.165) is 0 Å². The largest absolute Gasteiger partial charge is 0.486 e. The Morgan fingerprint density at radius 2 is 2.11 bits per heavy atom. The molecule has 0 atom stereocenters. The van der Waals surface area contributed by atoms with Crippen molar-refractivity contribution < 1.29 is 13.9 Å². The standard InChI is InChI=1S/C11H9ClFN3O2/c12-9-10(13)5(6-4-8(14)16-15-6)3-7-11(9)18-2-1-17-7/h3-4H,1-2H2,(H3,14,15,16). The summed E-state index contributed by atoms with van der Waals surface area (Å²) in [5.41, 5.74) is 6.17. The Balaban J connectivity index is 2.18. The van der Waals surface area contributed by atoms with E-state index in [9.17, 15) is 4.39 Å². The first-order valence-corrected chi connectivity index (χ1v) is 5.63. The average Bonchev–Trinajstić information content (AvgIpc) is 2.80. The van der Waals surface area contributed by atoms with Crippen molar-refractivity contribution >= 4 is 17.4 Å². The Bertz CT molecular complexity index is 615. The number of halogens is 2. The van der Waals surface area contributed by atoms with Gasteiger partial charge in [-0.15, -0.1) is 0 Å². The number of hydrogen-bond donors (Lipinski definition) is 2. The van der Waals surface area contributed by atoms with Gasteiger partial charge in [-0.3, -0.25) is 5.10 Å². The van der Waals surface area contributed by atoms with Gasteiger partial charge in [0, 0.05) is 11.6 Å². The van der Waals surface area contributed by atoms with Crippen molar-refractivity contribution in [3.05, 3.63) is 23.0 Å². The SMILES string of the molecule is Nc1cc(-c2cc3c(c(Cl)c2F)OCCO3)[nH]n1. The highest BCUT2D eigenvalue weighted by Gasteiger charge is 2.23. The van der Waals surface area contributed by atoms with Crippen LogP contribution in [0.5, 0.6) is 11.5 Å². The molecule has 0 unspecified atom stereocenters. The van der Waals surface area contributed by atoms with Crippen molar-refractivity contribution in [3.63, 3.8) is 0 Å². The number of rotatable bonds is 1. The zero-order valence-corrected chi connectivity index (χ0v) is 9.92. The number of nitrogens with one attached hydrogen (secondary N) is 1. The van der Waals surface area contributed by atoms with Crippen LogP contribution in [-0.2, 0) is 0 Å². The molecule has 0 saturated heterocycles. The number of fused-ring (bicyclic) bond motifs is 1. The van der Waals surface area contributed by atoms with E-state index in [-0.39, 0.29) is 22.2 Å². The van der Waals surface area contributed by atoms with E-state index in [4.69, 9.17) is 26.8 Å². The summed E-state index contributed by atoms with van der Waals surface area (Å²) in [5.74, 6) is 0.326. The topological polar surface area (TPSA) is 73.2 Å². The third-order valence-corrected chi connectivity index (χ3v) is 2.94. The molecule has 18 heavy (non-hydrogen) atoms. The van der Waals surface area contributed by atoms with Crippen LogP contribution in [-0.4, -0.2) is 23.4 Å². The normalized spacial score (nSPS) is 13.7. The molecule has 2 heterocycles. The minimum atomic E-state index is -0.593. The van der Waals surface area contributed by atoms with Crippen molar-refractivity contribution in [2.75, 3.05) is 18.9 Å². The van der Waals surface area contributed by atoms with Crippen molar-refractivity contribution in [1.82, 2.24) is 10.2 Å². The Morgan fingerprint density at radius 3 is 2.83 bits per heavy atom. The van der Waals surface area contributed by atoms with Crippen LogP contribution in [0.1, 0.15) is 0 Å². The van der Waals surface area contributed by atoms with Crippen LogP contribution in [0.25, 0.3) is 11.3 Å². The van der Waals surface area contributed by atoms with E-state index in [2.05, 4.69) is 10.2 Å². The molecule has 94 valence electrons. The zero-order valence-electron chi connectivity index (χ0n) is 9.17. The number of ether oxygens (including phenoxy) is 2. The first-order chi connectivity index (χ1) is 8.66. The lowest BCUT2D eigenvalue weighted by molar-refractivity contribution is 0.171. The number of aromatic amines is 1. The maximum atomic E-state index is 14.1. The summed E-state index contributed by atoms with van der Waals surface area (Å²) in [5, 5.41) is 6.27. The number of H-pyrrole nitrogens is 1. The highest BCUT2D eigenvalue weighted by Crippen LogP contribution is 2.43. The Morgan fingerprint density at radius 1 is 1.33 bits per heavy atom. The molecule has 0 spiro atoms. The zero-order chi connectivity index (χ0) is 12.7. The third kappa shape index (κ3) is 1.65. The van der Waals surface area contributed by atoms with Crippen LogP contribution in [0.4, 0.5) is 10.2 Å². The van der Waals surface area contributed by atoms with E-state index in [1.807, 2.05) is 0 Å². The van der Waals surface area contributed by atoms with Crippen molar-refractivity contribution in [2.45, 2.75) is 0 Å². The number of nitrogens with two attached hydrogens (primary N) is 1. The predicted octanol–water partition coefficient (Wildman–Crippen LogP) is 2.22. The van der Waals surface area contributed by atoms with Gasteiger partial charge in [0.25, 0.3) is 0 Å². The van der Waals surface area contributed by atoms with E-state index in [0.29, 0.717) is 24.7 Å². The highest BCUT2D eigenvalue weighted by molar-refractivity contribution is 6.32. The molecule has 0 aliphatic carbocycles. The lowest BCUT2D eigenvalue weighted by Crippen LogP contribution is -2.16. The van der Waals surface area contributed by atoms with Crippen molar-refractivity contribution in [3.8, 4) is 22.8 Å². The molecule has 1 aliphatic heterocycles. The quantitative estimate of drug-likeness (QED) is 0.833. The fourth-order valence-electron chi connectivity index (χ4n) is 1.79. The number of hydrogen-bond acceptors (Lipinski definition) is 4. The van der Waals surface area contributed by atoms with Gasteiger partial charge in [0.05, 0.1) is 5.69 Å². The second kappa shape index (κ2) is 4.06. The van der Waals surface area contributed by atoms with E-state index in [1.165, 1.54) is 12.1 Å². The van der Waals surface area contributed by atoms with Gasteiger partial charge in [-0.1, -0.05) is 11.6 Å². The van der Waals surface area contributed by atoms with Gasteiger partial charge < -0.3 is 15.2 Å². The van der Waals surface area contributed by atoms with E-state index >= 15 is 0 Å². The fourth-order valence-corrected chi connectivity index (χ4v) is 2.04. The molecular weight excluding hydrogens is 261 g/mol. The number of anilines is 1. The van der Waals surface area contributed by atoms with Crippen LogP contribution in [0.15, 0.2) is 12.1 Å². The molecule has 1 aromatic heterocycles. The van der Waals surface area contributed by atoms with Gasteiger partial charge >= 0.3 is 0 Å². The van der Waals surface area contributed by atoms with Crippen molar-refractivity contribution in [2.24, 2.45) is 0 Å². The first kappa shape index (κ1) is 11.2. The molecule has 1 aliphatic rings. The number of aromatic nitrogens is 2. The molecular formula is C11H9ClFN3O2. The summed E-state index contributed by atoms with van der Waals surface area (Å²) in [4.78, 5) is 0. The summed E-state index contributed by atoms with van der Waals surface area (Å²) in [6.45, 7) is 0.752. The number of nitrogen functional groups attached to an aromatic ring is 1. The molecule has 3 rings (SSSR count). The summed E-state index contributed by atoms with van der Waals surface area (Å²) < 4.78 is 24.8. The van der Waals surface area contributed by atoms with Gasteiger partial charge in [-0.25, -0.2) is 4.39 Å². The van der Waals surface area contributed by atoms with Gasteiger partial charge in [0.1, 0.15) is 24.1 Å². The molecule has 2 aromatic rings. The summed E-state index contributed by atoms with van der Waals surface area (Å²) in [6.07, 6.45) is 0. The smallest absolute Gasteiger partial charge is 0.182 e. The van der Waals surface area contributed by atoms with Crippen LogP contribution in [0.3, 0.4) is 0 Å². The van der Waals surface area contributed by atoms with Crippen LogP contribution in [0, 0.1) is 5.82 Å². The lowest BCUT2D eigenvalue weighted by Gasteiger charge is -2.20. The molecule has 0 radical (unpaired) electrons. The summed E-state index contributed by atoms with van der Waals surface area (Å²) in [6, 6.07) is 3.04. The summed E-state index contributed by atoms with van der Waals surface area (Å²) in [7, 11) is 0. The van der Waals surface area contributed by atoms with Gasteiger partial charge in [0.2, 0.25) is 0 Å². The lowest BCUT2D eigenvalue weighted by atomic mass is 10.1. The van der Waals surface area contributed by atoms with Crippen LogP contribution >= 0.6 is 11.6 Å². The third-order valence-electron chi connectivity index (χ3n) is 2.60. The maximum Gasteiger partial charge on any atom is 0.182 e. The Hall–Kier alpha value is -1.95. The monoisotopic (exact) mass is 269 g/mol. The highest BCUT2D eigenvalue weighted by atomic mass is 35.5. The predicted molar refractivity (Wildman–Crippen MR) is 64.4 cm³/mol. The Labute approximate surface area is 107 Å². The van der Waals surface area contributed by atoms with Gasteiger partial charge in [-0.2, -0.15) is 5.10 Å². The molecule has 5 nitrogen and oxygen atoms in total. The second-order valence-electron chi connectivity index (χ2n) is 3.78. The number of nitrogens with zero attached hydrogens (tertiary/aromatic N) is 1. The first-order valence-electron chi connectivity index (χ1n) is 5.25. The molecule has 1 aromatic carbocycles. The van der Waals surface area contributed by atoms with E-state index < -0.39 is 5.82 Å². The second-order valence-corrected chi connectivity index (χ2v) is 4.16.